The van der Waals surface area contributed by atoms with E-state index in [-0.39, 0.29) is 0 Å². The number of hydrogen-bond donors (Lipinski definition) is 0. The zero-order valence-corrected chi connectivity index (χ0v) is 15.5. The van der Waals surface area contributed by atoms with Crippen LogP contribution in [-0.4, -0.2) is 42.2 Å². The van der Waals surface area contributed by atoms with Crippen molar-refractivity contribution >= 4 is 45.2 Å². The second kappa shape index (κ2) is 7.83. The molecule has 130 valence electrons. The molecule has 1 aromatic heterocycles. The Hall–Kier alpha value is -2.47. The van der Waals surface area contributed by atoms with E-state index >= 15 is 0 Å². The molecule has 1 fully saturated rings. The van der Waals surface area contributed by atoms with Gasteiger partial charge >= 0.3 is 0 Å². The standard InChI is InChI=1S/C18H15N5OS2/c19-12-21-17-22-16(13-4-2-1-3-5-13)15(26-17)10-14-11-20-18(25-14)23-6-8-24-9-7-23/h1-5,10-11H,6-9H2/b15-10-,21-17+. The maximum absolute atomic E-state index is 8.84. The SMILES string of the molecule is N#C/N=C1N=C(c2ccccc2)/C(=C/c2cnc(N3CCOCC3)s2)S\1. The van der Waals surface area contributed by atoms with Crippen molar-refractivity contribution in [2.75, 3.05) is 31.2 Å². The predicted octanol–water partition coefficient (Wildman–Crippen LogP) is 3.39. The fourth-order valence-corrected chi connectivity index (χ4v) is 4.54. The number of thioether (sulfide) groups is 1. The van der Waals surface area contributed by atoms with Gasteiger partial charge in [0, 0.05) is 29.8 Å². The summed E-state index contributed by atoms with van der Waals surface area (Å²) >= 11 is 3.06. The van der Waals surface area contributed by atoms with Crippen LogP contribution in [0, 0.1) is 11.5 Å². The average Bonchev–Trinajstić information content (AvgIpc) is 3.31. The molecule has 8 heteroatoms. The quantitative estimate of drug-likeness (QED) is 0.762. The number of morpholine rings is 1. The van der Waals surface area contributed by atoms with Gasteiger partial charge in [-0.25, -0.2) is 9.98 Å². The van der Waals surface area contributed by atoms with Gasteiger partial charge in [0.2, 0.25) is 11.4 Å². The molecule has 6 nitrogen and oxygen atoms in total. The van der Waals surface area contributed by atoms with Crippen LogP contribution in [0.5, 0.6) is 0 Å². The summed E-state index contributed by atoms with van der Waals surface area (Å²) in [5.74, 6) is 0. The second-order valence-electron chi connectivity index (χ2n) is 5.58. The monoisotopic (exact) mass is 381 g/mol. The number of benzene rings is 1. The number of aromatic nitrogens is 1. The molecule has 26 heavy (non-hydrogen) atoms. The Morgan fingerprint density at radius 3 is 2.81 bits per heavy atom. The van der Waals surface area contributed by atoms with Crippen molar-refractivity contribution in [3.8, 4) is 6.19 Å². The van der Waals surface area contributed by atoms with Crippen molar-refractivity contribution in [3.63, 3.8) is 0 Å². The van der Waals surface area contributed by atoms with Crippen LogP contribution in [0.25, 0.3) is 6.08 Å². The number of anilines is 1. The largest absolute Gasteiger partial charge is 0.378 e. The van der Waals surface area contributed by atoms with E-state index in [0.717, 1.165) is 52.5 Å². The molecule has 1 saturated heterocycles. The normalized spacial score (nSPS) is 20.4. The summed E-state index contributed by atoms with van der Waals surface area (Å²) in [6.45, 7) is 3.22. The fourth-order valence-electron chi connectivity index (χ4n) is 2.69. The summed E-state index contributed by atoms with van der Waals surface area (Å²) in [6, 6.07) is 9.94. The topological polar surface area (TPSA) is 73.9 Å². The lowest BCUT2D eigenvalue weighted by Gasteiger charge is -2.25. The van der Waals surface area contributed by atoms with E-state index in [0.29, 0.717) is 5.17 Å². The first kappa shape index (κ1) is 17.0. The van der Waals surface area contributed by atoms with E-state index in [1.807, 2.05) is 42.7 Å². The molecule has 0 bridgehead atoms. The highest BCUT2D eigenvalue weighted by atomic mass is 32.2. The van der Waals surface area contributed by atoms with Crippen LogP contribution in [0.4, 0.5) is 5.13 Å². The first-order valence-electron chi connectivity index (χ1n) is 8.13. The average molecular weight is 381 g/mol. The van der Waals surface area contributed by atoms with Gasteiger partial charge in [-0.15, -0.1) is 4.99 Å². The fraction of sp³-hybridized carbons (Fsp3) is 0.222. The molecule has 4 rings (SSSR count). The van der Waals surface area contributed by atoms with Crippen molar-refractivity contribution in [2.45, 2.75) is 0 Å². The number of hydrogen-bond acceptors (Lipinski definition) is 7. The molecule has 0 radical (unpaired) electrons. The maximum Gasteiger partial charge on any atom is 0.208 e. The molecule has 0 atom stereocenters. The first-order valence-corrected chi connectivity index (χ1v) is 9.76. The predicted molar refractivity (Wildman–Crippen MR) is 107 cm³/mol. The molecular weight excluding hydrogens is 366 g/mol. The zero-order chi connectivity index (χ0) is 17.8. The Balaban J connectivity index is 1.63. The summed E-state index contributed by atoms with van der Waals surface area (Å²) in [5.41, 5.74) is 1.85. The minimum absolute atomic E-state index is 0.468. The van der Waals surface area contributed by atoms with Crippen LogP contribution in [0.2, 0.25) is 0 Å². The van der Waals surface area contributed by atoms with E-state index in [1.165, 1.54) is 11.8 Å². The van der Waals surface area contributed by atoms with Crippen LogP contribution in [0.3, 0.4) is 0 Å². The highest BCUT2D eigenvalue weighted by molar-refractivity contribution is 8.18. The summed E-state index contributed by atoms with van der Waals surface area (Å²) in [7, 11) is 0. The molecule has 0 unspecified atom stereocenters. The Kier molecular flexibility index (Phi) is 5.11. The number of ether oxygens (including phenoxy) is 1. The van der Waals surface area contributed by atoms with Gasteiger partial charge < -0.3 is 9.64 Å². The molecule has 0 saturated carbocycles. The van der Waals surface area contributed by atoms with Crippen molar-refractivity contribution < 1.29 is 4.74 Å². The lowest BCUT2D eigenvalue weighted by atomic mass is 10.1. The van der Waals surface area contributed by atoms with E-state index in [9.17, 15) is 0 Å². The van der Waals surface area contributed by atoms with Gasteiger partial charge in [-0.1, -0.05) is 41.7 Å². The van der Waals surface area contributed by atoms with Crippen LogP contribution in [0.15, 0.2) is 51.4 Å². The number of allylic oxidation sites excluding steroid dienone is 1. The highest BCUT2D eigenvalue weighted by Crippen LogP contribution is 2.34. The molecule has 2 aliphatic rings. The third-order valence-corrected chi connectivity index (χ3v) is 5.80. The maximum atomic E-state index is 8.84. The minimum atomic E-state index is 0.468. The molecular formula is C18H15N5OS2. The summed E-state index contributed by atoms with van der Waals surface area (Å²) in [4.78, 5) is 17.1. The van der Waals surface area contributed by atoms with E-state index in [1.54, 1.807) is 11.3 Å². The van der Waals surface area contributed by atoms with Crippen molar-refractivity contribution in [1.82, 2.24) is 4.98 Å². The van der Waals surface area contributed by atoms with E-state index in [2.05, 4.69) is 25.9 Å². The van der Waals surface area contributed by atoms with Gasteiger partial charge in [0.05, 0.1) is 23.8 Å². The number of amidine groups is 1. The van der Waals surface area contributed by atoms with E-state index < -0.39 is 0 Å². The van der Waals surface area contributed by atoms with Gasteiger partial charge in [-0.2, -0.15) is 5.26 Å². The van der Waals surface area contributed by atoms with Gasteiger partial charge in [-0.3, -0.25) is 0 Å². The lowest BCUT2D eigenvalue weighted by molar-refractivity contribution is 0.122. The first-order chi connectivity index (χ1) is 12.8. The van der Waals surface area contributed by atoms with Crippen molar-refractivity contribution in [1.29, 1.82) is 5.26 Å². The van der Waals surface area contributed by atoms with Crippen LogP contribution in [-0.2, 0) is 4.74 Å². The molecule has 1 aromatic carbocycles. The Morgan fingerprint density at radius 1 is 1.23 bits per heavy atom. The third kappa shape index (κ3) is 3.70. The van der Waals surface area contributed by atoms with E-state index in [4.69, 9.17) is 10.00 Å². The number of thiazole rings is 1. The lowest BCUT2D eigenvalue weighted by Crippen LogP contribution is -2.36. The van der Waals surface area contributed by atoms with Crippen molar-refractivity contribution in [2.24, 2.45) is 9.98 Å². The van der Waals surface area contributed by atoms with Gasteiger partial charge in [0.25, 0.3) is 0 Å². The number of nitrogens with zero attached hydrogens (tertiary/aromatic N) is 5. The Morgan fingerprint density at radius 2 is 2.04 bits per heavy atom. The van der Waals surface area contributed by atoms with Crippen molar-refractivity contribution in [3.05, 3.63) is 51.9 Å². The minimum Gasteiger partial charge on any atom is -0.378 e. The summed E-state index contributed by atoms with van der Waals surface area (Å²) in [6.07, 6.45) is 5.77. The summed E-state index contributed by atoms with van der Waals surface area (Å²) < 4.78 is 5.40. The number of nitriles is 1. The molecule has 3 heterocycles. The van der Waals surface area contributed by atoms with Gasteiger partial charge in [0.15, 0.2) is 5.13 Å². The summed E-state index contributed by atoms with van der Waals surface area (Å²) in [5, 5.41) is 10.3. The van der Waals surface area contributed by atoms with Gasteiger partial charge in [0.1, 0.15) is 0 Å². The van der Waals surface area contributed by atoms with Crippen LogP contribution < -0.4 is 4.90 Å². The number of aliphatic imine (C=N–C) groups is 2. The Labute approximate surface area is 159 Å². The molecule has 0 aliphatic carbocycles. The number of rotatable bonds is 3. The molecule has 0 N–H and O–H groups in total. The smallest absolute Gasteiger partial charge is 0.208 e. The molecule has 0 spiro atoms. The van der Waals surface area contributed by atoms with Crippen LogP contribution in [0.1, 0.15) is 10.4 Å². The van der Waals surface area contributed by atoms with Crippen LogP contribution >= 0.6 is 23.1 Å². The highest BCUT2D eigenvalue weighted by Gasteiger charge is 2.22. The molecule has 2 aliphatic heterocycles. The third-order valence-electron chi connectivity index (χ3n) is 3.90. The Bertz CT molecular complexity index is 921. The second-order valence-corrected chi connectivity index (χ2v) is 7.63. The molecule has 2 aromatic rings. The zero-order valence-electron chi connectivity index (χ0n) is 13.8. The van der Waals surface area contributed by atoms with Gasteiger partial charge in [-0.05, 0) is 17.8 Å². The molecule has 0 amide bonds.